The molecule has 18 heavy (non-hydrogen) atoms. The highest BCUT2D eigenvalue weighted by Crippen LogP contribution is 2.36. The lowest BCUT2D eigenvalue weighted by molar-refractivity contribution is 1.39. The molecular formula is C13H9BrN2S2. The average molecular weight is 337 g/mol. The lowest BCUT2D eigenvalue weighted by atomic mass is 9.98. The minimum Gasteiger partial charge on any atom is -0.392 e. The lowest BCUT2D eigenvalue weighted by Crippen LogP contribution is -2.12. The van der Waals surface area contributed by atoms with Crippen LogP contribution in [0.4, 0.5) is 0 Å². The fraction of sp³-hybridized carbons (Fsp3) is 0.0769. The molecule has 1 aliphatic heterocycles. The van der Waals surface area contributed by atoms with E-state index in [0.29, 0.717) is 10.6 Å². The van der Waals surface area contributed by atoms with Gasteiger partial charge in [-0.3, -0.25) is 0 Å². The highest BCUT2D eigenvalue weighted by atomic mass is 79.9. The van der Waals surface area contributed by atoms with E-state index in [-0.39, 0.29) is 5.25 Å². The molecule has 0 aromatic heterocycles. The van der Waals surface area contributed by atoms with Crippen LogP contribution in [-0.2, 0) is 0 Å². The minimum atomic E-state index is 0.0377. The molecule has 0 saturated heterocycles. The number of rotatable bonds is 2. The number of halogens is 1. The summed E-state index contributed by atoms with van der Waals surface area (Å²) in [7, 11) is 0. The van der Waals surface area contributed by atoms with Gasteiger partial charge in [0.15, 0.2) is 0 Å². The van der Waals surface area contributed by atoms with E-state index in [4.69, 9.17) is 18.0 Å². The van der Waals surface area contributed by atoms with Crippen molar-refractivity contribution in [1.29, 1.82) is 5.26 Å². The van der Waals surface area contributed by atoms with Crippen LogP contribution in [0.3, 0.4) is 0 Å². The number of hydrogen-bond donors (Lipinski definition) is 1. The third kappa shape index (κ3) is 2.66. The van der Waals surface area contributed by atoms with Gasteiger partial charge >= 0.3 is 0 Å². The van der Waals surface area contributed by atoms with E-state index in [1.807, 2.05) is 30.3 Å². The van der Waals surface area contributed by atoms with Crippen LogP contribution < -0.4 is 5.73 Å². The Morgan fingerprint density at radius 3 is 2.61 bits per heavy atom. The van der Waals surface area contributed by atoms with Crippen molar-refractivity contribution in [3.05, 3.63) is 51.0 Å². The normalized spacial score (nSPS) is 19.1. The van der Waals surface area contributed by atoms with Crippen LogP contribution in [0.25, 0.3) is 5.57 Å². The molecule has 2 N–H and O–H groups in total. The van der Waals surface area contributed by atoms with E-state index in [2.05, 4.69) is 22.0 Å². The Hall–Kier alpha value is -1.09. The lowest BCUT2D eigenvalue weighted by Gasteiger charge is -2.19. The van der Waals surface area contributed by atoms with Crippen molar-refractivity contribution < 1.29 is 0 Å². The molecule has 2 nitrogen and oxygen atoms in total. The summed E-state index contributed by atoms with van der Waals surface area (Å²) in [6, 6.07) is 9.96. The molecule has 0 fully saturated rings. The standard InChI is InChI=1S/C13H9BrN2S2/c14-9-3-1-8(2-4-9)11-5-10(7-17)18-13(16)12(11)6-15/h1-5,7,10H,16H2. The molecule has 2 rings (SSSR count). The van der Waals surface area contributed by atoms with E-state index in [0.717, 1.165) is 15.6 Å². The molecule has 0 amide bonds. The predicted octanol–water partition coefficient (Wildman–Crippen LogP) is 3.64. The Balaban J connectivity index is 2.51. The van der Waals surface area contributed by atoms with Crippen molar-refractivity contribution in [1.82, 2.24) is 0 Å². The fourth-order valence-electron chi connectivity index (χ4n) is 1.67. The molecule has 1 atom stereocenters. The smallest absolute Gasteiger partial charge is 0.103 e. The Morgan fingerprint density at radius 1 is 1.39 bits per heavy atom. The van der Waals surface area contributed by atoms with Crippen molar-refractivity contribution in [2.45, 2.75) is 5.25 Å². The summed E-state index contributed by atoms with van der Waals surface area (Å²) in [4.78, 5) is 0. The van der Waals surface area contributed by atoms with Gasteiger partial charge in [-0.05, 0) is 28.6 Å². The largest absolute Gasteiger partial charge is 0.392 e. The molecule has 0 aliphatic carbocycles. The molecule has 1 aromatic carbocycles. The number of nitriles is 1. The zero-order chi connectivity index (χ0) is 13.1. The van der Waals surface area contributed by atoms with Crippen LogP contribution in [0.1, 0.15) is 5.56 Å². The van der Waals surface area contributed by atoms with Gasteiger partial charge in [0.05, 0.1) is 15.9 Å². The quantitative estimate of drug-likeness (QED) is 0.837. The van der Waals surface area contributed by atoms with Gasteiger partial charge in [-0.2, -0.15) is 5.26 Å². The molecule has 1 heterocycles. The highest BCUT2D eigenvalue weighted by Gasteiger charge is 2.21. The van der Waals surface area contributed by atoms with E-state index in [1.165, 1.54) is 11.8 Å². The van der Waals surface area contributed by atoms with Gasteiger partial charge < -0.3 is 5.73 Å². The van der Waals surface area contributed by atoms with Crippen LogP contribution in [0.5, 0.6) is 0 Å². The minimum absolute atomic E-state index is 0.0377. The number of hydrogen-bond acceptors (Lipinski definition) is 4. The van der Waals surface area contributed by atoms with Crippen molar-refractivity contribution in [3.8, 4) is 6.07 Å². The topological polar surface area (TPSA) is 49.8 Å². The second kappa shape index (κ2) is 5.70. The van der Waals surface area contributed by atoms with Crippen molar-refractivity contribution in [2.24, 2.45) is 5.73 Å². The number of allylic oxidation sites excluding steroid dienone is 2. The molecule has 1 aromatic rings. The van der Waals surface area contributed by atoms with Crippen LogP contribution in [-0.4, -0.2) is 10.6 Å². The zero-order valence-corrected chi connectivity index (χ0v) is 12.5. The second-order valence-corrected chi connectivity index (χ2v) is 6.06. The zero-order valence-electron chi connectivity index (χ0n) is 9.26. The molecule has 90 valence electrons. The maximum Gasteiger partial charge on any atom is 0.103 e. The Kier molecular flexibility index (Phi) is 4.23. The molecular weight excluding hydrogens is 328 g/mol. The average Bonchev–Trinajstić information content (AvgIpc) is 2.38. The van der Waals surface area contributed by atoms with Gasteiger partial charge in [-0.25, -0.2) is 0 Å². The van der Waals surface area contributed by atoms with Crippen molar-refractivity contribution in [2.75, 3.05) is 0 Å². The van der Waals surface area contributed by atoms with Crippen LogP contribution in [0, 0.1) is 11.3 Å². The molecule has 0 spiro atoms. The molecule has 0 bridgehead atoms. The van der Waals surface area contributed by atoms with Gasteiger partial charge in [0.1, 0.15) is 6.07 Å². The number of thioether (sulfide) groups is 1. The fourth-order valence-corrected chi connectivity index (χ4v) is 3.01. The molecule has 1 unspecified atom stereocenters. The Morgan fingerprint density at radius 2 is 2.06 bits per heavy atom. The molecule has 0 radical (unpaired) electrons. The summed E-state index contributed by atoms with van der Waals surface area (Å²) in [6.07, 6.45) is 1.98. The van der Waals surface area contributed by atoms with E-state index < -0.39 is 0 Å². The monoisotopic (exact) mass is 336 g/mol. The first-order valence-electron chi connectivity index (χ1n) is 5.15. The molecule has 0 saturated carbocycles. The third-order valence-electron chi connectivity index (χ3n) is 2.51. The maximum atomic E-state index is 9.22. The van der Waals surface area contributed by atoms with Crippen molar-refractivity contribution in [3.63, 3.8) is 0 Å². The number of nitrogens with two attached hydrogens (primary N) is 1. The number of benzene rings is 1. The number of nitrogens with zero attached hydrogens (tertiary/aromatic N) is 1. The summed E-state index contributed by atoms with van der Waals surface area (Å²) in [5, 5.41) is 11.4. The third-order valence-corrected chi connectivity index (χ3v) is 4.51. The highest BCUT2D eigenvalue weighted by molar-refractivity contribution is 9.10. The summed E-state index contributed by atoms with van der Waals surface area (Å²) in [6.45, 7) is 0. The maximum absolute atomic E-state index is 9.22. The first-order chi connectivity index (χ1) is 8.65. The summed E-state index contributed by atoms with van der Waals surface area (Å²) in [5.74, 6) is 0. The van der Waals surface area contributed by atoms with Crippen LogP contribution in [0.15, 0.2) is 45.4 Å². The van der Waals surface area contributed by atoms with Gasteiger partial charge in [-0.1, -0.05) is 58.1 Å². The van der Waals surface area contributed by atoms with E-state index in [9.17, 15) is 5.26 Å². The van der Waals surface area contributed by atoms with Gasteiger partial charge in [0.25, 0.3) is 0 Å². The summed E-state index contributed by atoms with van der Waals surface area (Å²) >= 11 is 9.77. The van der Waals surface area contributed by atoms with Gasteiger partial charge in [0.2, 0.25) is 0 Å². The Bertz CT molecular complexity index is 582. The van der Waals surface area contributed by atoms with Crippen molar-refractivity contribution >= 4 is 50.9 Å². The SMILES string of the molecule is N#CC1=C(N)SC(C=S)C=C1c1ccc(Br)cc1. The van der Waals surface area contributed by atoms with E-state index in [1.54, 1.807) is 5.37 Å². The van der Waals surface area contributed by atoms with Crippen LogP contribution >= 0.6 is 39.9 Å². The van der Waals surface area contributed by atoms with Gasteiger partial charge in [-0.15, -0.1) is 0 Å². The summed E-state index contributed by atoms with van der Waals surface area (Å²) in [5.41, 5.74) is 8.27. The van der Waals surface area contributed by atoms with E-state index >= 15 is 0 Å². The Labute approximate surface area is 124 Å². The first-order valence-corrected chi connectivity index (χ1v) is 7.30. The first kappa shape index (κ1) is 13.3. The van der Waals surface area contributed by atoms with Crippen LogP contribution in [0.2, 0.25) is 0 Å². The van der Waals surface area contributed by atoms with Gasteiger partial charge in [0, 0.05) is 4.47 Å². The number of thiocarbonyl (C=S) groups is 1. The predicted molar refractivity (Wildman–Crippen MR) is 84.0 cm³/mol. The molecule has 1 aliphatic rings. The summed E-state index contributed by atoms with van der Waals surface area (Å²) < 4.78 is 0.999. The second-order valence-electron chi connectivity index (χ2n) is 3.66. The molecule has 5 heteroatoms.